The van der Waals surface area contributed by atoms with Gasteiger partial charge in [0.25, 0.3) is 10.1 Å². The highest BCUT2D eigenvalue weighted by Gasteiger charge is 2.09. The molecule has 60 valence electrons. The Hall–Kier alpha value is -0.390. The van der Waals surface area contributed by atoms with E-state index < -0.39 is 10.1 Å². The molecule has 0 amide bonds. The highest BCUT2D eigenvalue weighted by atomic mass is 32.2. The molecule has 0 aliphatic carbocycles. The van der Waals surface area contributed by atoms with Crippen LogP contribution in [0, 0.1) is 0 Å². The van der Waals surface area contributed by atoms with Crippen molar-refractivity contribution < 1.29 is 13.0 Å². The van der Waals surface area contributed by atoms with Gasteiger partial charge in [-0.05, 0) is 19.4 Å². The largest absolute Gasteiger partial charge is 0.327 e. The lowest BCUT2D eigenvalue weighted by Crippen LogP contribution is -2.07. The molecule has 0 atom stereocenters. The van der Waals surface area contributed by atoms with Crippen LogP contribution in [0.5, 0.6) is 0 Å². The molecule has 0 rings (SSSR count). The Morgan fingerprint density at radius 2 is 1.90 bits per heavy atom. The Labute approximate surface area is 60.5 Å². The van der Waals surface area contributed by atoms with Gasteiger partial charge in [-0.3, -0.25) is 4.55 Å². The van der Waals surface area contributed by atoms with Gasteiger partial charge in [0.2, 0.25) is 0 Å². The summed E-state index contributed by atoms with van der Waals surface area (Å²) in [5.41, 5.74) is 5.61. The van der Waals surface area contributed by atoms with Crippen LogP contribution in [0.3, 0.4) is 0 Å². The molecule has 0 saturated heterocycles. The van der Waals surface area contributed by atoms with E-state index in [2.05, 4.69) is 0 Å². The van der Waals surface area contributed by atoms with E-state index in [0.717, 1.165) is 0 Å². The third kappa shape index (κ3) is 2.47. The second-order valence-electron chi connectivity index (χ2n) is 2.02. The van der Waals surface area contributed by atoms with Crippen molar-refractivity contribution in [2.24, 2.45) is 5.73 Å². The quantitative estimate of drug-likeness (QED) is 0.570. The Morgan fingerprint density at radius 1 is 1.50 bits per heavy atom. The topological polar surface area (TPSA) is 80.4 Å². The summed E-state index contributed by atoms with van der Waals surface area (Å²) >= 11 is 0. The molecule has 0 fully saturated rings. The third-order valence-electron chi connectivity index (χ3n) is 1.29. The minimum absolute atomic E-state index is 0.0602. The van der Waals surface area contributed by atoms with Crippen molar-refractivity contribution in [1.82, 2.24) is 0 Å². The molecule has 0 saturated carbocycles. The molecule has 0 radical (unpaired) electrons. The molecule has 0 spiro atoms. The molecule has 0 aromatic carbocycles. The Balaban J connectivity index is 4.84. The average molecular weight is 165 g/mol. The van der Waals surface area contributed by atoms with Crippen LogP contribution in [0.4, 0.5) is 0 Å². The molecule has 0 bridgehead atoms. The second kappa shape index (κ2) is 3.14. The van der Waals surface area contributed by atoms with Crippen LogP contribution < -0.4 is 5.73 Å². The van der Waals surface area contributed by atoms with Crippen LogP contribution in [-0.4, -0.2) is 19.5 Å². The van der Waals surface area contributed by atoms with E-state index in [4.69, 9.17) is 10.3 Å². The van der Waals surface area contributed by atoms with Crippen LogP contribution in [0.2, 0.25) is 0 Å². The van der Waals surface area contributed by atoms with Crippen LogP contribution in [0.25, 0.3) is 0 Å². The predicted octanol–water partition coefficient (Wildman–Crippen LogP) is 0.127. The maximum Gasteiger partial charge on any atom is 0.290 e. The maximum absolute atomic E-state index is 10.4. The minimum Gasteiger partial charge on any atom is -0.327 e. The van der Waals surface area contributed by atoms with Gasteiger partial charge in [-0.2, -0.15) is 8.42 Å². The summed E-state index contributed by atoms with van der Waals surface area (Å²) in [5, 5.41) is 0. The smallest absolute Gasteiger partial charge is 0.290 e. The van der Waals surface area contributed by atoms with Crippen molar-refractivity contribution in [2.45, 2.75) is 13.8 Å². The molecule has 4 nitrogen and oxygen atoms in total. The molecular formula is C5H11NO3S. The van der Waals surface area contributed by atoms with Crippen LogP contribution in [0.15, 0.2) is 10.5 Å². The van der Waals surface area contributed by atoms with Gasteiger partial charge in [-0.1, -0.05) is 0 Å². The molecule has 0 aromatic heterocycles. The van der Waals surface area contributed by atoms with Gasteiger partial charge in [-0.25, -0.2) is 0 Å². The van der Waals surface area contributed by atoms with E-state index in [1.54, 1.807) is 6.92 Å². The Kier molecular flexibility index (Phi) is 3.01. The first-order valence-corrected chi connectivity index (χ1v) is 4.17. The SMILES string of the molecule is CC(CN)=C(C)S(=O)(=O)O. The zero-order valence-corrected chi connectivity index (χ0v) is 6.77. The number of hydrogen-bond donors (Lipinski definition) is 2. The zero-order valence-electron chi connectivity index (χ0n) is 5.96. The summed E-state index contributed by atoms with van der Waals surface area (Å²) < 4.78 is 29.2. The summed E-state index contributed by atoms with van der Waals surface area (Å²) in [6.07, 6.45) is 0. The summed E-state index contributed by atoms with van der Waals surface area (Å²) in [7, 11) is -4.01. The van der Waals surface area contributed by atoms with E-state index in [-0.39, 0.29) is 11.4 Å². The van der Waals surface area contributed by atoms with Crippen LogP contribution in [0.1, 0.15) is 13.8 Å². The Morgan fingerprint density at radius 3 is 2.00 bits per heavy atom. The molecule has 0 aliphatic rings. The van der Waals surface area contributed by atoms with Crippen LogP contribution in [-0.2, 0) is 10.1 Å². The van der Waals surface area contributed by atoms with Gasteiger partial charge in [0.05, 0.1) is 4.91 Å². The maximum atomic E-state index is 10.4. The van der Waals surface area contributed by atoms with Gasteiger partial charge >= 0.3 is 0 Å². The highest BCUT2D eigenvalue weighted by molar-refractivity contribution is 7.89. The van der Waals surface area contributed by atoms with Gasteiger partial charge in [-0.15, -0.1) is 0 Å². The first kappa shape index (κ1) is 9.61. The van der Waals surface area contributed by atoms with Gasteiger partial charge in [0.1, 0.15) is 0 Å². The van der Waals surface area contributed by atoms with Crippen molar-refractivity contribution in [2.75, 3.05) is 6.54 Å². The van der Waals surface area contributed by atoms with Crippen molar-refractivity contribution in [3.8, 4) is 0 Å². The fourth-order valence-corrected chi connectivity index (χ4v) is 0.888. The number of hydrogen-bond acceptors (Lipinski definition) is 3. The molecule has 0 unspecified atom stereocenters. The lowest BCUT2D eigenvalue weighted by molar-refractivity contribution is 0.490. The van der Waals surface area contributed by atoms with Crippen molar-refractivity contribution in [1.29, 1.82) is 0 Å². The van der Waals surface area contributed by atoms with Gasteiger partial charge in [0, 0.05) is 6.54 Å². The third-order valence-corrected chi connectivity index (χ3v) is 2.42. The standard InChI is InChI=1S/C5H11NO3S/c1-4(3-6)5(2)10(7,8)9/h3,6H2,1-2H3,(H,7,8,9). The molecule has 0 heterocycles. The van der Waals surface area contributed by atoms with E-state index in [1.807, 2.05) is 0 Å². The van der Waals surface area contributed by atoms with Crippen molar-refractivity contribution in [3.63, 3.8) is 0 Å². The fourth-order valence-electron chi connectivity index (χ4n) is 0.364. The van der Waals surface area contributed by atoms with E-state index >= 15 is 0 Å². The van der Waals surface area contributed by atoms with Crippen molar-refractivity contribution in [3.05, 3.63) is 10.5 Å². The molecule has 5 heteroatoms. The summed E-state index contributed by atoms with van der Waals surface area (Å²) in [6.45, 7) is 3.02. The number of rotatable bonds is 2. The summed E-state index contributed by atoms with van der Waals surface area (Å²) in [4.78, 5) is -0.0602. The van der Waals surface area contributed by atoms with Crippen molar-refractivity contribution >= 4 is 10.1 Å². The number of allylic oxidation sites excluding steroid dienone is 1. The van der Waals surface area contributed by atoms with Gasteiger partial charge in [0.15, 0.2) is 0 Å². The highest BCUT2D eigenvalue weighted by Crippen LogP contribution is 2.07. The zero-order chi connectivity index (χ0) is 8.36. The monoisotopic (exact) mass is 165 g/mol. The first-order valence-electron chi connectivity index (χ1n) is 2.73. The first-order chi connectivity index (χ1) is 4.39. The lowest BCUT2D eigenvalue weighted by Gasteiger charge is -1.99. The van der Waals surface area contributed by atoms with E-state index in [9.17, 15) is 8.42 Å². The molecular weight excluding hydrogens is 154 g/mol. The molecule has 3 N–H and O–H groups in total. The minimum atomic E-state index is -4.01. The predicted molar refractivity (Wildman–Crippen MR) is 39.0 cm³/mol. The van der Waals surface area contributed by atoms with Crippen LogP contribution >= 0.6 is 0 Å². The lowest BCUT2D eigenvalue weighted by atomic mass is 10.3. The summed E-state index contributed by atoms with van der Waals surface area (Å²) in [5.74, 6) is 0. The molecule has 10 heavy (non-hydrogen) atoms. The number of nitrogens with two attached hydrogens (primary N) is 1. The van der Waals surface area contributed by atoms with Gasteiger partial charge < -0.3 is 5.73 Å². The second-order valence-corrected chi connectivity index (χ2v) is 3.58. The fraction of sp³-hybridized carbons (Fsp3) is 0.600. The average Bonchev–Trinajstić information content (AvgIpc) is 1.83. The Bertz CT molecular complexity index is 240. The van der Waals surface area contributed by atoms with E-state index in [1.165, 1.54) is 6.92 Å². The van der Waals surface area contributed by atoms with E-state index in [0.29, 0.717) is 5.57 Å². The molecule has 0 aromatic rings. The normalized spacial score (nSPS) is 14.8. The molecule has 0 aliphatic heterocycles. The summed E-state index contributed by atoms with van der Waals surface area (Å²) in [6, 6.07) is 0.